The molecule has 2 nitrogen and oxygen atoms in total. The summed E-state index contributed by atoms with van der Waals surface area (Å²) in [7, 11) is 0. The zero-order valence-corrected chi connectivity index (χ0v) is 5.89. The van der Waals surface area contributed by atoms with Gasteiger partial charge < -0.3 is 10.4 Å². The first-order chi connectivity index (χ1) is 3.79. The van der Waals surface area contributed by atoms with Crippen LogP contribution in [-0.4, -0.2) is 21.4 Å². The van der Waals surface area contributed by atoms with Gasteiger partial charge in [-0.05, 0) is 0 Å². The molecule has 4 heteroatoms. The highest BCUT2D eigenvalue weighted by Gasteiger charge is 2.12. The summed E-state index contributed by atoms with van der Waals surface area (Å²) in [5, 5.41) is 11.9. The SMILES string of the molecule is OC1CCNC(=S)S1. The third kappa shape index (κ3) is 1.61. The maximum atomic E-state index is 8.92. The molecule has 1 aliphatic rings. The van der Waals surface area contributed by atoms with E-state index in [2.05, 4.69) is 5.32 Å². The van der Waals surface area contributed by atoms with Crippen LogP contribution in [0.4, 0.5) is 0 Å². The van der Waals surface area contributed by atoms with Crippen LogP contribution >= 0.6 is 24.0 Å². The third-order valence-corrected chi connectivity index (χ3v) is 2.20. The fourth-order valence-electron chi connectivity index (χ4n) is 0.522. The molecule has 0 bridgehead atoms. The minimum absolute atomic E-state index is 0.274. The van der Waals surface area contributed by atoms with E-state index in [0.717, 1.165) is 13.0 Å². The number of aliphatic hydroxyl groups excluding tert-OH is 1. The van der Waals surface area contributed by atoms with E-state index in [1.807, 2.05) is 0 Å². The van der Waals surface area contributed by atoms with Gasteiger partial charge in [-0.25, -0.2) is 0 Å². The lowest BCUT2D eigenvalue weighted by molar-refractivity contribution is 0.253. The molecule has 1 aliphatic heterocycles. The molecule has 1 atom stereocenters. The minimum Gasteiger partial charge on any atom is -0.382 e. The summed E-state index contributed by atoms with van der Waals surface area (Å²) in [5.41, 5.74) is -0.274. The van der Waals surface area contributed by atoms with Crippen LogP contribution in [0.25, 0.3) is 0 Å². The van der Waals surface area contributed by atoms with Gasteiger partial charge in [-0.1, -0.05) is 24.0 Å². The first-order valence-corrected chi connectivity index (χ1v) is 3.70. The molecule has 1 heterocycles. The van der Waals surface area contributed by atoms with Crippen LogP contribution in [0.3, 0.4) is 0 Å². The summed E-state index contributed by atoms with van der Waals surface area (Å²) < 4.78 is 0.712. The van der Waals surface area contributed by atoms with Gasteiger partial charge in [-0.3, -0.25) is 0 Å². The zero-order valence-electron chi connectivity index (χ0n) is 4.26. The van der Waals surface area contributed by atoms with Gasteiger partial charge in [-0.2, -0.15) is 0 Å². The van der Waals surface area contributed by atoms with Crippen molar-refractivity contribution in [2.45, 2.75) is 11.9 Å². The molecule has 0 aromatic heterocycles. The fraction of sp³-hybridized carbons (Fsp3) is 0.750. The second-order valence-corrected chi connectivity index (χ2v) is 3.43. The molecule has 8 heavy (non-hydrogen) atoms. The van der Waals surface area contributed by atoms with E-state index in [0.29, 0.717) is 4.32 Å². The Labute approximate surface area is 57.7 Å². The first kappa shape index (κ1) is 6.32. The quantitative estimate of drug-likeness (QED) is 0.486. The Kier molecular flexibility index (Phi) is 2.10. The fourth-order valence-corrected chi connectivity index (χ4v) is 1.63. The van der Waals surface area contributed by atoms with Gasteiger partial charge in [-0.15, -0.1) is 0 Å². The van der Waals surface area contributed by atoms with Crippen LogP contribution in [0.2, 0.25) is 0 Å². The van der Waals surface area contributed by atoms with E-state index < -0.39 is 0 Å². The number of hydrogen-bond acceptors (Lipinski definition) is 3. The van der Waals surface area contributed by atoms with E-state index in [4.69, 9.17) is 17.3 Å². The van der Waals surface area contributed by atoms with Crippen LogP contribution in [0.15, 0.2) is 0 Å². The molecule has 1 fully saturated rings. The molecule has 0 saturated carbocycles. The van der Waals surface area contributed by atoms with E-state index in [9.17, 15) is 0 Å². The second-order valence-electron chi connectivity index (χ2n) is 1.58. The largest absolute Gasteiger partial charge is 0.382 e. The van der Waals surface area contributed by atoms with Crippen molar-refractivity contribution in [3.05, 3.63) is 0 Å². The van der Waals surface area contributed by atoms with Gasteiger partial charge in [0.2, 0.25) is 0 Å². The van der Waals surface area contributed by atoms with Crippen LogP contribution in [0.5, 0.6) is 0 Å². The highest BCUT2D eigenvalue weighted by atomic mass is 32.2. The van der Waals surface area contributed by atoms with Gasteiger partial charge in [0.15, 0.2) is 0 Å². The maximum absolute atomic E-state index is 8.92. The Morgan fingerprint density at radius 3 is 3.00 bits per heavy atom. The van der Waals surface area contributed by atoms with E-state index in [1.54, 1.807) is 0 Å². The van der Waals surface area contributed by atoms with Crippen molar-refractivity contribution in [1.29, 1.82) is 0 Å². The molecule has 0 aliphatic carbocycles. The average Bonchev–Trinajstić information content (AvgIpc) is 1.64. The monoisotopic (exact) mass is 149 g/mol. The number of thioether (sulfide) groups is 1. The summed E-state index contributed by atoms with van der Waals surface area (Å²) in [6, 6.07) is 0. The number of nitrogens with one attached hydrogen (secondary N) is 1. The highest BCUT2D eigenvalue weighted by molar-refractivity contribution is 8.23. The van der Waals surface area contributed by atoms with Crippen molar-refractivity contribution in [3.8, 4) is 0 Å². The first-order valence-electron chi connectivity index (χ1n) is 2.41. The van der Waals surface area contributed by atoms with Crippen LogP contribution in [0, 0.1) is 0 Å². The van der Waals surface area contributed by atoms with Crippen molar-refractivity contribution in [3.63, 3.8) is 0 Å². The molecule has 0 aromatic carbocycles. The molecule has 46 valence electrons. The Hall–Kier alpha value is 0.200. The molecule has 0 aromatic rings. The maximum Gasteiger partial charge on any atom is 0.136 e. The van der Waals surface area contributed by atoms with Crippen molar-refractivity contribution >= 4 is 28.3 Å². The number of hydrogen-bond donors (Lipinski definition) is 2. The van der Waals surface area contributed by atoms with Crippen molar-refractivity contribution in [1.82, 2.24) is 5.32 Å². The zero-order chi connectivity index (χ0) is 5.98. The Morgan fingerprint density at radius 2 is 2.62 bits per heavy atom. The third-order valence-electron chi connectivity index (χ3n) is 0.904. The standard InChI is InChI=1S/C4H7NOS2/c6-3-1-2-5-4(7)8-3/h3,6H,1-2H2,(H,5,7). The van der Waals surface area contributed by atoms with Gasteiger partial charge in [0.05, 0.1) is 0 Å². The second kappa shape index (κ2) is 2.66. The Balaban J connectivity index is 2.34. The minimum atomic E-state index is -0.274. The van der Waals surface area contributed by atoms with Gasteiger partial charge >= 0.3 is 0 Å². The van der Waals surface area contributed by atoms with Gasteiger partial charge in [0.25, 0.3) is 0 Å². The number of rotatable bonds is 0. The smallest absolute Gasteiger partial charge is 0.136 e. The summed E-state index contributed by atoms with van der Waals surface area (Å²) >= 11 is 6.09. The summed E-state index contributed by atoms with van der Waals surface area (Å²) in [6.45, 7) is 0.813. The summed E-state index contributed by atoms with van der Waals surface area (Å²) in [4.78, 5) is 0. The van der Waals surface area contributed by atoms with Crippen LogP contribution in [-0.2, 0) is 0 Å². The topological polar surface area (TPSA) is 32.3 Å². The van der Waals surface area contributed by atoms with Gasteiger partial charge in [0.1, 0.15) is 9.76 Å². The highest BCUT2D eigenvalue weighted by Crippen LogP contribution is 2.15. The van der Waals surface area contributed by atoms with E-state index in [1.165, 1.54) is 11.8 Å². The normalized spacial score (nSPS) is 29.6. The molecule has 1 rings (SSSR count). The van der Waals surface area contributed by atoms with Crippen molar-refractivity contribution in [2.75, 3.05) is 6.54 Å². The lowest BCUT2D eigenvalue weighted by atomic mass is 10.4. The Bertz CT molecular complexity index is 106. The molecular formula is C4H7NOS2. The molecule has 0 amide bonds. The molecule has 1 saturated heterocycles. The molecule has 2 N–H and O–H groups in total. The summed E-state index contributed by atoms with van der Waals surface area (Å²) in [5.74, 6) is 0. The average molecular weight is 149 g/mol. The Morgan fingerprint density at radius 1 is 1.88 bits per heavy atom. The molecule has 0 radical (unpaired) electrons. The van der Waals surface area contributed by atoms with E-state index in [-0.39, 0.29) is 5.44 Å². The number of aliphatic hydroxyl groups is 1. The predicted molar refractivity (Wildman–Crippen MR) is 38.8 cm³/mol. The molecular weight excluding hydrogens is 142 g/mol. The van der Waals surface area contributed by atoms with E-state index >= 15 is 0 Å². The molecule has 0 spiro atoms. The van der Waals surface area contributed by atoms with Gasteiger partial charge in [0, 0.05) is 13.0 Å². The van der Waals surface area contributed by atoms with Crippen molar-refractivity contribution < 1.29 is 5.11 Å². The predicted octanol–water partition coefficient (Wildman–Crippen LogP) is 0.316. The molecule has 1 unspecified atom stereocenters. The van der Waals surface area contributed by atoms with Crippen LogP contribution in [0.1, 0.15) is 6.42 Å². The summed E-state index contributed by atoms with van der Waals surface area (Å²) in [6.07, 6.45) is 0.796. The number of thiocarbonyl (C=S) groups is 1. The van der Waals surface area contributed by atoms with Crippen molar-refractivity contribution in [2.24, 2.45) is 0 Å². The lowest BCUT2D eigenvalue weighted by Crippen LogP contribution is -2.30. The lowest BCUT2D eigenvalue weighted by Gasteiger charge is -2.17. The van der Waals surface area contributed by atoms with Crippen LogP contribution < -0.4 is 5.32 Å².